The molecule has 6 nitrogen and oxygen atoms in total. The molecule has 136 valence electrons. The van der Waals surface area contributed by atoms with E-state index in [2.05, 4.69) is 9.82 Å². The molecule has 0 atom stereocenters. The molecule has 3 aromatic rings. The molecule has 1 aromatic heterocycles. The van der Waals surface area contributed by atoms with Crippen LogP contribution in [0, 0.1) is 13.8 Å². The van der Waals surface area contributed by atoms with E-state index in [1.807, 2.05) is 37.3 Å². The number of hydrogen-bond acceptors (Lipinski definition) is 4. The summed E-state index contributed by atoms with van der Waals surface area (Å²) < 4.78 is 35.4. The molecule has 0 radical (unpaired) electrons. The first-order valence-corrected chi connectivity index (χ1v) is 9.78. The van der Waals surface area contributed by atoms with Crippen molar-refractivity contribution in [2.45, 2.75) is 25.7 Å². The van der Waals surface area contributed by atoms with Crippen molar-refractivity contribution < 1.29 is 13.2 Å². The van der Waals surface area contributed by atoms with Gasteiger partial charge < -0.3 is 4.74 Å². The van der Waals surface area contributed by atoms with Gasteiger partial charge in [-0.3, -0.25) is 4.72 Å². The molecule has 7 heteroatoms. The van der Waals surface area contributed by atoms with Gasteiger partial charge in [0.1, 0.15) is 10.6 Å². The molecular weight excluding hydrogens is 350 g/mol. The molecule has 26 heavy (non-hydrogen) atoms. The summed E-state index contributed by atoms with van der Waals surface area (Å²) in [5.74, 6) is 0.694. The topological polar surface area (TPSA) is 73.2 Å². The summed E-state index contributed by atoms with van der Waals surface area (Å²) in [5, 5.41) is 4.40. The van der Waals surface area contributed by atoms with Crippen molar-refractivity contribution in [2.24, 2.45) is 0 Å². The van der Waals surface area contributed by atoms with Gasteiger partial charge in [0.05, 0.1) is 23.7 Å². The van der Waals surface area contributed by atoms with E-state index in [0.717, 1.165) is 5.69 Å². The van der Waals surface area contributed by atoms with Crippen LogP contribution < -0.4 is 9.46 Å². The quantitative estimate of drug-likeness (QED) is 0.717. The molecule has 0 aliphatic heterocycles. The minimum Gasteiger partial charge on any atom is -0.494 e. The molecule has 0 aliphatic carbocycles. The van der Waals surface area contributed by atoms with Crippen LogP contribution in [-0.2, 0) is 10.0 Å². The lowest BCUT2D eigenvalue weighted by Gasteiger charge is -2.10. The van der Waals surface area contributed by atoms with E-state index in [0.29, 0.717) is 29.4 Å². The smallest absolute Gasteiger partial charge is 0.265 e. The number of sulfonamides is 1. The Bertz CT molecular complexity index is 995. The first kappa shape index (κ1) is 18.0. The van der Waals surface area contributed by atoms with E-state index < -0.39 is 10.0 Å². The van der Waals surface area contributed by atoms with Crippen LogP contribution in [0.25, 0.3) is 5.69 Å². The van der Waals surface area contributed by atoms with Crippen LogP contribution in [0.5, 0.6) is 5.75 Å². The summed E-state index contributed by atoms with van der Waals surface area (Å²) in [6.45, 7) is 5.90. The van der Waals surface area contributed by atoms with E-state index in [1.165, 1.54) is 0 Å². The number of aryl methyl sites for hydroxylation is 1. The maximum absolute atomic E-state index is 12.9. The lowest BCUT2D eigenvalue weighted by molar-refractivity contribution is 0.340. The number of benzene rings is 2. The van der Waals surface area contributed by atoms with Crippen LogP contribution in [0.15, 0.2) is 59.5 Å². The third-order valence-electron chi connectivity index (χ3n) is 3.91. The summed E-state index contributed by atoms with van der Waals surface area (Å²) >= 11 is 0. The zero-order valence-corrected chi connectivity index (χ0v) is 15.7. The highest BCUT2D eigenvalue weighted by Crippen LogP contribution is 2.25. The molecular formula is C19H21N3O3S. The average Bonchev–Trinajstić information content (AvgIpc) is 2.92. The normalized spacial score (nSPS) is 11.3. The number of hydrogen-bond donors (Lipinski definition) is 1. The molecule has 2 aromatic carbocycles. The van der Waals surface area contributed by atoms with Gasteiger partial charge in [0.15, 0.2) is 0 Å². The minimum atomic E-state index is -3.76. The van der Waals surface area contributed by atoms with Crippen LogP contribution in [0.2, 0.25) is 0 Å². The predicted octanol–water partition coefficient (Wildman–Crippen LogP) is 3.69. The lowest BCUT2D eigenvalue weighted by atomic mass is 10.3. The number of para-hydroxylation sites is 1. The number of ether oxygens (including phenoxy) is 1. The Balaban J connectivity index is 1.93. The van der Waals surface area contributed by atoms with Crippen LogP contribution in [0.3, 0.4) is 0 Å². The van der Waals surface area contributed by atoms with Crippen LogP contribution in [-0.4, -0.2) is 24.8 Å². The lowest BCUT2D eigenvalue weighted by Crippen LogP contribution is -2.15. The van der Waals surface area contributed by atoms with Crippen molar-refractivity contribution >= 4 is 15.7 Å². The Hall–Kier alpha value is -2.80. The van der Waals surface area contributed by atoms with Gasteiger partial charge in [-0.2, -0.15) is 5.10 Å². The first-order chi connectivity index (χ1) is 12.4. The van der Waals surface area contributed by atoms with Crippen molar-refractivity contribution in [2.75, 3.05) is 11.3 Å². The van der Waals surface area contributed by atoms with Crippen LogP contribution >= 0.6 is 0 Å². The van der Waals surface area contributed by atoms with Gasteiger partial charge in [0.2, 0.25) is 0 Å². The van der Waals surface area contributed by atoms with Crippen molar-refractivity contribution in [1.29, 1.82) is 0 Å². The number of rotatable bonds is 6. The Morgan fingerprint density at radius 3 is 2.31 bits per heavy atom. The average molecular weight is 371 g/mol. The fourth-order valence-corrected chi connectivity index (χ4v) is 4.28. The number of nitrogens with zero attached hydrogens (tertiary/aromatic N) is 2. The Morgan fingerprint density at radius 2 is 1.69 bits per heavy atom. The van der Waals surface area contributed by atoms with Crippen molar-refractivity contribution in [3.8, 4) is 11.4 Å². The molecule has 1 N–H and O–H groups in total. The van der Waals surface area contributed by atoms with Gasteiger partial charge in [0.25, 0.3) is 10.0 Å². The summed E-state index contributed by atoms with van der Waals surface area (Å²) in [6, 6.07) is 16.3. The summed E-state index contributed by atoms with van der Waals surface area (Å²) in [5.41, 5.74) is 2.30. The van der Waals surface area contributed by atoms with E-state index >= 15 is 0 Å². The molecule has 1 heterocycles. The zero-order valence-electron chi connectivity index (χ0n) is 14.9. The zero-order chi connectivity index (χ0) is 18.7. The number of aromatic nitrogens is 2. The SMILES string of the molecule is CCOc1ccc(NS(=O)(=O)c2c(C)nn(-c3ccccc3)c2C)cc1. The van der Waals surface area contributed by atoms with Gasteiger partial charge in [-0.15, -0.1) is 0 Å². The largest absolute Gasteiger partial charge is 0.494 e. The van der Waals surface area contributed by atoms with Crippen molar-refractivity contribution in [1.82, 2.24) is 9.78 Å². The Labute approximate surface area is 153 Å². The second kappa shape index (κ2) is 7.21. The van der Waals surface area contributed by atoms with E-state index in [-0.39, 0.29) is 4.90 Å². The molecule has 0 fully saturated rings. The molecule has 0 unspecified atom stereocenters. The van der Waals surface area contributed by atoms with Gasteiger partial charge >= 0.3 is 0 Å². The monoisotopic (exact) mass is 371 g/mol. The highest BCUT2D eigenvalue weighted by atomic mass is 32.2. The second-order valence-electron chi connectivity index (χ2n) is 5.81. The molecule has 0 saturated heterocycles. The summed E-state index contributed by atoms with van der Waals surface area (Å²) in [6.07, 6.45) is 0. The highest BCUT2D eigenvalue weighted by Gasteiger charge is 2.25. The molecule has 0 spiro atoms. The molecule has 0 saturated carbocycles. The Morgan fingerprint density at radius 1 is 1.04 bits per heavy atom. The number of anilines is 1. The minimum absolute atomic E-state index is 0.190. The standard InChI is InChI=1S/C19H21N3O3S/c1-4-25-18-12-10-16(11-13-18)21-26(23,24)19-14(2)20-22(15(19)3)17-8-6-5-7-9-17/h5-13,21H,4H2,1-3H3. The van der Waals surface area contributed by atoms with Crippen LogP contribution in [0.1, 0.15) is 18.3 Å². The highest BCUT2D eigenvalue weighted by molar-refractivity contribution is 7.92. The van der Waals surface area contributed by atoms with E-state index in [1.54, 1.807) is 42.8 Å². The molecule has 3 rings (SSSR count). The molecule has 0 aliphatic rings. The number of nitrogens with one attached hydrogen (secondary N) is 1. The predicted molar refractivity (Wildman–Crippen MR) is 101 cm³/mol. The maximum Gasteiger partial charge on any atom is 0.265 e. The first-order valence-electron chi connectivity index (χ1n) is 8.29. The molecule has 0 bridgehead atoms. The van der Waals surface area contributed by atoms with E-state index in [4.69, 9.17) is 4.74 Å². The fraction of sp³-hybridized carbons (Fsp3) is 0.211. The fourth-order valence-electron chi connectivity index (χ4n) is 2.83. The van der Waals surface area contributed by atoms with Gasteiger partial charge in [-0.25, -0.2) is 13.1 Å². The van der Waals surface area contributed by atoms with Crippen molar-refractivity contribution in [3.05, 3.63) is 66.0 Å². The van der Waals surface area contributed by atoms with Gasteiger partial charge in [-0.1, -0.05) is 18.2 Å². The summed E-state index contributed by atoms with van der Waals surface area (Å²) in [4.78, 5) is 0.190. The van der Waals surface area contributed by atoms with E-state index in [9.17, 15) is 8.42 Å². The van der Waals surface area contributed by atoms with Crippen LogP contribution in [0.4, 0.5) is 5.69 Å². The summed E-state index contributed by atoms with van der Waals surface area (Å²) in [7, 11) is -3.76. The third-order valence-corrected chi connectivity index (χ3v) is 5.54. The third kappa shape index (κ3) is 3.57. The maximum atomic E-state index is 12.9. The van der Waals surface area contributed by atoms with Crippen molar-refractivity contribution in [3.63, 3.8) is 0 Å². The van der Waals surface area contributed by atoms with Gasteiger partial charge in [0, 0.05) is 5.69 Å². The molecule has 0 amide bonds. The second-order valence-corrected chi connectivity index (χ2v) is 7.43. The Kier molecular flexibility index (Phi) is 4.99. The van der Waals surface area contributed by atoms with Gasteiger partial charge in [-0.05, 0) is 57.2 Å².